The molecule has 0 aromatic carbocycles. The molecule has 1 aliphatic rings. The number of H-pyrrole nitrogens is 1. The third kappa shape index (κ3) is 0.406. The van der Waals surface area contributed by atoms with Gasteiger partial charge in [-0.05, 0) is 11.1 Å². The van der Waals surface area contributed by atoms with Crippen LogP contribution >= 0.6 is 0 Å². The van der Waals surface area contributed by atoms with Gasteiger partial charge in [0.05, 0.1) is 0 Å². The highest BCUT2D eigenvalue weighted by atomic mass is 14.9. The van der Waals surface area contributed by atoms with Gasteiger partial charge in [0, 0.05) is 25.5 Å². The van der Waals surface area contributed by atoms with Crippen LogP contribution in [0.15, 0.2) is 12.4 Å². The van der Waals surface area contributed by atoms with Crippen molar-refractivity contribution < 1.29 is 0 Å². The van der Waals surface area contributed by atoms with Crippen molar-refractivity contribution in [1.29, 1.82) is 0 Å². The summed E-state index contributed by atoms with van der Waals surface area (Å²) in [5, 5.41) is 4.19. The molecule has 1 N–H and O–H groups in total. The van der Waals surface area contributed by atoms with E-state index in [1.54, 1.807) is 0 Å². The molecule has 0 spiro atoms. The second kappa shape index (κ2) is 1.36. The third-order valence-electron chi connectivity index (χ3n) is 1.49. The van der Waals surface area contributed by atoms with Crippen molar-refractivity contribution in [2.24, 2.45) is 0 Å². The van der Waals surface area contributed by atoms with Crippen LogP contribution in [-0.4, -0.2) is 4.98 Å². The van der Waals surface area contributed by atoms with E-state index in [9.17, 15) is 0 Å². The molecular formula is C6H7N2. The Labute approximate surface area is 47.9 Å². The summed E-state index contributed by atoms with van der Waals surface area (Å²) in [7, 11) is 0. The van der Waals surface area contributed by atoms with Gasteiger partial charge in [-0.3, -0.25) is 0 Å². The SMILES string of the molecule is c1[nH]cc2c1C[N]C2. The summed E-state index contributed by atoms with van der Waals surface area (Å²) in [5.41, 5.74) is 2.73. The Bertz CT molecular complexity index is 172. The topological polar surface area (TPSA) is 29.9 Å². The van der Waals surface area contributed by atoms with Gasteiger partial charge < -0.3 is 4.98 Å². The highest BCUT2D eigenvalue weighted by Gasteiger charge is 2.09. The van der Waals surface area contributed by atoms with Crippen molar-refractivity contribution in [3.8, 4) is 0 Å². The van der Waals surface area contributed by atoms with E-state index in [1.165, 1.54) is 11.1 Å². The van der Waals surface area contributed by atoms with E-state index in [4.69, 9.17) is 0 Å². The van der Waals surface area contributed by atoms with Gasteiger partial charge in [-0.25, -0.2) is 5.32 Å². The minimum absolute atomic E-state index is 0.916. The number of nitrogens with one attached hydrogen (secondary N) is 1. The molecule has 0 aliphatic carbocycles. The Hall–Kier alpha value is -0.760. The Morgan fingerprint density at radius 3 is 2.50 bits per heavy atom. The van der Waals surface area contributed by atoms with Crippen LogP contribution in [0.5, 0.6) is 0 Å². The van der Waals surface area contributed by atoms with Crippen LogP contribution in [0, 0.1) is 0 Å². The highest BCUT2D eigenvalue weighted by molar-refractivity contribution is 5.26. The van der Waals surface area contributed by atoms with Gasteiger partial charge in [-0.2, -0.15) is 0 Å². The lowest BCUT2D eigenvalue weighted by Gasteiger charge is -1.79. The van der Waals surface area contributed by atoms with Crippen molar-refractivity contribution in [1.82, 2.24) is 10.3 Å². The van der Waals surface area contributed by atoms with E-state index in [0.717, 1.165) is 13.1 Å². The van der Waals surface area contributed by atoms with Crippen LogP contribution < -0.4 is 5.32 Å². The molecule has 41 valence electrons. The number of hydrogen-bond donors (Lipinski definition) is 1. The number of hydrogen-bond acceptors (Lipinski definition) is 0. The van der Waals surface area contributed by atoms with Crippen molar-refractivity contribution in [3.05, 3.63) is 23.5 Å². The Morgan fingerprint density at radius 2 is 1.88 bits per heavy atom. The lowest BCUT2D eigenvalue weighted by molar-refractivity contribution is 0.741. The summed E-state index contributed by atoms with van der Waals surface area (Å²) in [6, 6.07) is 0. The Morgan fingerprint density at radius 1 is 1.25 bits per heavy atom. The van der Waals surface area contributed by atoms with Crippen LogP contribution in [0.2, 0.25) is 0 Å². The number of aromatic amines is 1. The lowest BCUT2D eigenvalue weighted by Crippen LogP contribution is -1.90. The monoisotopic (exact) mass is 107 g/mol. The smallest absolute Gasteiger partial charge is 0.0406 e. The van der Waals surface area contributed by atoms with Crippen molar-refractivity contribution in [2.45, 2.75) is 13.1 Å². The predicted molar refractivity (Wildman–Crippen MR) is 30.3 cm³/mol. The van der Waals surface area contributed by atoms with Gasteiger partial charge in [-0.15, -0.1) is 0 Å². The standard InChI is InChI=1S/C6H7N2/c1-5-2-8-4-6(5)3-7-1/h1,3,7H,2,4H2. The second-order valence-electron chi connectivity index (χ2n) is 2.05. The minimum atomic E-state index is 0.916. The molecule has 2 nitrogen and oxygen atoms in total. The second-order valence-corrected chi connectivity index (χ2v) is 2.05. The molecule has 8 heavy (non-hydrogen) atoms. The fourth-order valence-electron chi connectivity index (χ4n) is 1.02. The van der Waals surface area contributed by atoms with Crippen molar-refractivity contribution >= 4 is 0 Å². The number of rotatable bonds is 0. The summed E-state index contributed by atoms with van der Waals surface area (Å²) < 4.78 is 0. The average Bonchev–Trinajstić information content (AvgIpc) is 2.15. The highest BCUT2D eigenvalue weighted by Crippen LogP contribution is 2.13. The van der Waals surface area contributed by atoms with Crippen LogP contribution in [-0.2, 0) is 13.1 Å². The average molecular weight is 107 g/mol. The number of fused-ring (bicyclic) bond motifs is 1. The van der Waals surface area contributed by atoms with Crippen molar-refractivity contribution in [3.63, 3.8) is 0 Å². The zero-order valence-electron chi connectivity index (χ0n) is 4.52. The van der Waals surface area contributed by atoms with E-state index < -0.39 is 0 Å². The molecule has 1 radical (unpaired) electrons. The minimum Gasteiger partial charge on any atom is -0.367 e. The first-order valence-corrected chi connectivity index (χ1v) is 2.74. The van der Waals surface area contributed by atoms with Crippen LogP contribution in [0.4, 0.5) is 0 Å². The fourth-order valence-corrected chi connectivity index (χ4v) is 1.02. The fraction of sp³-hybridized carbons (Fsp3) is 0.333. The first kappa shape index (κ1) is 4.15. The summed E-state index contributed by atoms with van der Waals surface area (Å²) in [5.74, 6) is 0. The Balaban J connectivity index is 2.54. The molecule has 0 saturated heterocycles. The molecular weight excluding hydrogens is 100 g/mol. The Kier molecular flexibility index (Phi) is 0.704. The van der Waals surface area contributed by atoms with Gasteiger partial charge in [0.25, 0.3) is 0 Å². The molecule has 1 aromatic heterocycles. The molecule has 2 heterocycles. The van der Waals surface area contributed by atoms with E-state index in [2.05, 4.69) is 10.3 Å². The maximum atomic E-state index is 4.19. The molecule has 0 saturated carbocycles. The maximum absolute atomic E-state index is 4.19. The van der Waals surface area contributed by atoms with Gasteiger partial charge in [0.1, 0.15) is 0 Å². The zero-order chi connectivity index (χ0) is 5.40. The van der Waals surface area contributed by atoms with Crippen LogP contribution in [0.1, 0.15) is 11.1 Å². The van der Waals surface area contributed by atoms with E-state index >= 15 is 0 Å². The largest absolute Gasteiger partial charge is 0.367 e. The first-order chi connectivity index (χ1) is 3.97. The third-order valence-corrected chi connectivity index (χ3v) is 1.49. The maximum Gasteiger partial charge on any atom is 0.0406 e. The summed E-state index contributed by atoms with van der Waals surface area (Å²) >= 11 is 0. The van der Waals surface area contributed by atoms with Gasteiger partial charge in [0.15, 0.2) is 0 Å². The predicted octanol–water partition coefficient (Wildman–Crippen LogP) is 0.633. The normalized spacial score (nSPS) is 16.5. The molecule has 0 bridgehead atoms. The van der Waals surface area contributed by atoms with E-state index in [1.807, 2.05) is 12.4 Å². The van der Waals surface area contributed by atoms with Gasteiger partial charge >= 0.3 is 0 Å². The first-order valence-electron chi connectivity index (χ1n) is 2.74. The van der Waals surface area contributed by atoms with Crippen LogP contribution in [0.25, 0.3) is 0 Å². The quantitative estimate of drug-likeness (QED) is 0.504. The molecule has 1 aromatic rings. The lowest BCUT2D eigenvalue weighted by atomic mass is 10.2. The molecule has 0 fully saturated rings. The zero-order valence-corrected chi connectivity index (χ0v) is 4.52. The van der Waals surface area contributed by atoms with Crippen molar-refractivity contribution in [2.75, 3.05) is 0 Å². The summed E-state index contributed by atoms with van der Waals surface area (Å²) in [4.78, 5) is 3.04. The van der Waals surface area contributed by atoms with Crippen LogP contribution in [0.3, 0.4) is 0 Å². The summed E-state index contributed by atoms with van der Waals surface area (Å²) in [6.07, 6.45) is 4.04. The molecule has 0 atom stereocenters. The van der Waals surface area contributed by atoms with E-state index in [0.29, 0.717) is 0 Å². The van der Waals surface area contributed by atoms with E-state index in [-0.39, 0.29) is 0 Å². The van der Waals surface area contributed by atoms with Gasteiger partial charge in [-0.1, -0.05) is 0 Å². The molecule has 0 amide bonds. The molecule has 0 unspecified atom stereocenters. The number of aromatic nitrogens is 1. The molecule has 2 heteroatoms. The summed E-state index contributed by atoms with van der Waals surface area (Å²) in [6.45, 7) is 1.83. The molecule has 1 aliphatic heterocycles. The molecule has 2 rings (SSSR count). The number of nitrogens with zero attached hydrogens (tertiary/aromatic N) is 1. The van der Waals surface area contributed by atoms with Gasteiger partial charge in [0.2, 0.25) is 0 Å².